The molecule has 0 saturated heterocycles. The maximum atomic E-state index is 4.28. The molecule has 126 valence electrons. The standard InChI is InChI=1S/C17H32N4S/c1-4-12-21(13-5-2)14-7-10-19-17(18-3)20-11-9-16-8-6-15-22-16/h6,8,15H,4-5,7,9-14H2,1-3H3,(H2,18,19,20). The highest BCUT2D eigenvalue weighted by Crippen LogP contribution is 2.07. The van der Waals surface area contributed by atoms with Crippen LogP contribution >= 0.6 is 11.3 Å². The van der Waals surface area contributed by atoms with Crippen LogP contribution in [0.3, 0.4) is 0 Å². The molecule has 5 heteroatoms. The average molecular weight is 325 g/mol. The van der Waals surface area contributed by atoms with Gasteiger partial charge in [-0.05, 0) is 56.8 Å². The molecule has 4 nitrogen and oxygen atoms in total. The Morgan fingerprint density at radius 1 is 1.14 bits per heavy atom. The minimum atomic E-state index is 0.911. The van der Waals surface area contributed by atoms with Crippen molar-refractivity contribution in [3.05, 3.63) is 22.4 Å². The molecule has 0 radical (unpaired) electrons. The lowest BCUT2D eigenvalue weighted by Crippen LogP contribution is -2.39. The van der Waals surface area contributed by atoms with E-state index in [0.717, 1.165) is 31.9 Å². The molecule has 0 aromatic carbocycles. The predicted octanol–water partition coefficient (Wildman–Crippen LogP) is 2.97. The van der Waals surface area contributed by atoms with Crippen molar-refractivity contribution in [2.75, 3.05) is 39.8 Å². The van der Waals surface area contributed by atoms with Gasteiger partial charge in [-0.15, -0.1) is 11.3 Å². The molecular formula is C17H32N4S. The van der Waals surface area contributed by atoms with Crippen LogP contribution in [-0.4, -0.2) is 50.6 Å². The Labute approximate surface area is 140 Å². The first-order valence-corrected chi connectivity index (χ1v) is 9.37. The third kappa shape index (κ3) is 8.39. The first-order chi connectivity index (χ1) is 10.8. The normalized spacial score (nSPS) is 11.9. The third-order valence-corrected chi connectivity index (χ3v) is 4.43. The van der Waals surface area contributed by atoms with E-state index < -0.39 is 0 Å². The summed E-state index contributed by atoms with van der Waals surface area (Å²) in [5.41, 5.74) is 0. The summed E-state index contributed by atoms with van der Waals surface area (Å²) in [5, 5.41) is 8.91. The van der Waals surface area contributed by atoms with E-state index in [1.165, 1.54) is 37.4 Å². The fourth-order valence-electron chi connectivity index (χ4n) is 2.46. The van der Waals surface area contributed by atoms with Crippen molar-refractivity contribution < 1.29 is 0 Å². The summed E-state index contributed by atoms with van der Waals surface area (Å²) >= 11 is 1.81. The van der Waals surface area contributed by atoms with Crippen LogP contribution in [0, 0.1) is 0 Å². The van der Waals surface area contributed by atoms with Crippen molar-refractivity contribution >= 4 is 17.3 Å². The van der Waals surface area contributed by atoms with E-state index in [4.69, 9.17) is 0 Å². The van der Waals surface area contributed by atoms with Gasteiger partial charge in [-0.25, -0.2) is 0 Å². The van der Waals surface area contributed by atoms with Crippen LogP contribution in [-0.2, 0) is 6.42 Å². The van der Waals surface area contributed by atoms with Crippen LogP contribution in [0.25, 0.3) is 0 Å². The molecule has 0 bridgehead atoms. The third-order valence-electron chi connectivity index (χ3n) is 3.49. The summed E-state index contributed by atoms with van der Waals surface area (Å²) < 4.78 is 0. The van der Waals surface area contributed by atoms with E-state index >= 15 is 0 Å². The molecule has 0 aliphatic heterocycles. The van der Waals surface area contributed by atoms with Gasteiger partial charge in [-0.1, -0.05) is 19.9 Å². The van der Waals surface area contributed by atoms with Crippen LogP contribution in [0.1, 0.15) is 38.0 Å². The number of nitrogens with zero attached hydrogens (tertiary/aromatic N) is 2. The second kappa shape index (κ2) is 12.5. The van der Waals surface area contributed by atoms with Crippen molar-refractivity contribution in [2.45, 2.75) is 39.5 Å². The number of rotatable bonds is 11. The van der Waals surface area contributed by atoms with Crippen LogP contribution < -0.4 is 10.6 Å². The second-order valence-corrected chi connectivity index (χ2v) is 6.48. The van der Waals surface area contributed by atoms with E-state index in [1.807, 2.05) is 18.4 Å². The Morgan fingerprint density at radius 3 is 2.45 bits per heavy atom. The van der Waals surface area contributed by atoms with E-state index in [9.17, 15) is 0 Å². The molecule has 1 aromatic heterocycles. The molecule has 0 amide bonds. The summed E-state index contributed by atoms with van der Waals surface area (Å²) in [4.78, 5) is 8.25. The molecule has 1 heterocycles. The van der Waals surface area contributed by atoms with Gasteiger partial charge in [0.05, 0.1) is 0 Å². The van der Waals surface area contributed by atoms with E-state index in [1.54, 1.807) is 0 Å². The fraction of sp³-hybridized carbons (Fsp3) is 0.706. The molecule has 22 heavy (non-hydrogen) atoms. The van der Waals surface area contributed by atoms with Crippen molar-refractivity contribution in [1.29, 1.82) is 0 Å². The van der Waals surface area contributed by atoms with Gasteiger partial charge in [0.25, 0.3) is 0 Å². The molecule has 0 unspecified atom stereocenters. The van der Waals surface area contributed by atoms with Crippen LogP contribution in [0.2, 0.25) is 0 Å². The number of guanidine groups is 1. The molecule has 0 aliphatic rings. The quantitative estimate of drug-likeness (QED) is 0.373. The number of aliphatic imine (C=N–C) groups is 1. The lowest BCUT2D eigenvalue weighted by Gasteiger charge is -2.21. The number of nitrogens with one attached hydrogen (secondary N) is 2. The maximum absolute atomic E-state index is 4.28. The smallest absolute Gasteiger partial charge is 0.190 e. The lowest BCUT2D eigenvalue weighted by atomic mass is 10.3. The Morgan fingerprint density at radius 2 is 1.86 bits per heavy atom. The molecule has 0 aliphatic carbocycles. The van der Waals surface area contributed by atoms with Crippen molar-refractivity contribution in [2.24, 2.45) is 4.99 Å². The van der Waals surface area contributed by atoms with E-state index in [2.05, 4.69) is 51.9 Å². The second-order valence-electron chi connectivity index (χ2n) is 5.45. The molecule has 0 fully saturated rings. The first kappa shape index (κ1) is 19.0. The highest BCUT2D eigenvalue weighted by Gasteiger charge is 2.02. The van der Waals surface area contributed by atoms with Gasteiger partial charge in [-0.2, -0.15) is 0 Å². The summed E-state index contributed by atoms with van der Waals surface area (Å²) in [6, 6.07) is 4.28. The van der Waals surface area contributed by atoms with Crippen molar-refractivity contribution in [3.63, 3.8) is 0 Å². The molecule has 1 aromatic rings. The maximum Gasteiger partial charge on any atom is 0.190 e. The highest BCUT2D eigenvalue weighted by atomic mass is 32.1. The Bertz CT molecular complexity index is 383. The lowest BCUT2D eigenvalue weighted by molar-refractivity contribution is 0.271. The Hall–Kier alpha value is -1.07. The zero-order valence-corrected chi connectivity index (χ0v) is 15.2. The summed E-state index contributed by atoms with van der Waals surface area (Å²) in [6.45, 7) is 9.99. The van der Waals surface area contributed by atoms with E-state index in [-0.39, 0.29) is 0 Å². The zero-order chi connectivity index (χ0) is 16.0. The molecule has 0 atom stereocenters. The molecular weight excluding hydrogens is 292 g/mol. The van der Waals surface area contributed by atoms with Gasteiger partial charge in [0.1, 0.15) is 0 Å². The van der Waals surface area contributed by atoms with Gasteiger partial charge in [0.15, 0.2) is 5.96 Å². The Balaban J connectivity index is 2.12. The number of hydrogen-bond donors (Lipinski definition) is 2. The van der Waals surface area contributed by atoms with Gasteiger partial charge >= 0.3 is 0 Å². The fourth-order valence-corrected chi connectivity index (χ4v) is 3.17. The average Bonchev–Trinajstić information content (AvgIpc) is 3.03. The molecule has 1 rings (SSSR count). The Kier molecular flexibility index (Phi) is 10.8. The predicted molar refractivity (Wildman–Crippen MR) is 99.0 cm³/mol. The van der Waals surface area contributed by atoms with Gasteiger partial charge in [-0.3, -0.25) is 4.99 Å². The zero-order valence-electron chi connectivity index (χ0n) is 14.4. The van der Waals surface area contributed by atoms with Crippen molar-refractivity contribution in [3.8, 4) is 0 Å². The largest absolute Gasteiger partial charge is 0.356 e. The van der Waals surface area contributed by atoms with Gasteiger partial charge in [0.2, 0.25) is 0 Å². The van der Waals surface area contributed by atoms with Crippen LogP contribution in [0.15, 0.2) is 22.5 Å². The van der Waals surface area contributed by atoms with Crippen LogP contribution in [0.5, 0.6) is 0 Å². The first-order valence-electron chi connectivity index (χ1n) is 8.49. The topological polar surface area (TPSA) is 39.7 Å². The minimum Gasteiger partial charge on any atom is -0.356 e. The molecule has 0 spiro atoms. The monoisotopic (exact) mass is 324 g/mol. The summed E-state index contributed by atoms with van der Waals surface area (Å²) in [5.74, 6) is 0.911. The number of hydrogen-bond acceptors (Lipinski definition) is 3. The van der Waals surface area contributed by atoms with Gasteiger partial charge in [0, 0.05) is 25.0 Å². The van der Waals surface area contributed by atoms with Gasteiger partial charge < -0.3 is 15.5 Å². The highest BCUT2D eigenvalue weighted by molar-refractivity contribution is 7.09. The molecule has 0 saturated carbocycles. The van der Waals surface area contributed by atoms with E-state index in [0.29, 0.717) is 0 Å². The van der Waals surface area contributed by atoms with Crippen molar-refractivity contribution in [1.82, 2.24) is 15.5 Å². The molecule has 2 N–H and O–H groups in total. The summed E-state index contributed by atoms with van der Waals surface area (Å²) in [7, 11) is 1.83. The number of thiophene rings is 1. The minimum absolute atomic E-state index is 0.911. The summed E-state index contributed by atoms with van der Waals surface area (Å²) in [6.07, 6.45) is 4.68. The van der Waals surface area contributed by atoms with Crippen LogP contribution in [0.4, 0.5) is 0 Å². The SMILES string of the molecule is CCCN(CCC)CCCNC(=NC)NCCc1cccs1.